The molecule has 1 unspecified atom stereocenters. The third-order valence-corrected chi connectivity index (χ3v) is 2.20. The Morgan fingerprint density at radius 2 is 2.40 bits per heavy atom. The molecule has 0 aromatic heterocycles. The minimum absolute atomic E-state index is 0.345. The van der Waals surface area contributed by atoms with Gasteiger partial charge >= 0.3 is 0 Å². The van der Waals surface area contributed by atoms with Crippen LogP contribution in [0.4, 0.5) is 0 Å². The Morgan fingerprint density at radius 1 is 1.70 bits per heavy atom. The zero-order chi connectivity index (χ0) is 7.56. The van der Waals surface area contributed by atoms with E-state index in [4.69, 9.17) is 4.74 Å². The van der Waals surface area contributed by atoms with Gasteiger partial charge in [0.1, 0.15) is 12.0 Å². The fourth-order valence-electron chi connectivity index (χ4n) is 0.810. The van der Waals surface area contributed by atoms with Crippen molar-refractivity contribution in [1.82, 2.24) is 0 Å². The van der Waals surface area contributed by atoms with Crippen LogP contribution in [-0.2, 0) is 4.74 Å². The second-order valence-electron chi connectivity index (χ2n) is 2.62. The molecule has 1 atom stereocenters. The number of aliphatic imine (C=N–C) groups is 1. The number of nitrogens with zero attached hydrogens (tertiary/aromatic N) is 1. The molecule has 0 radical (unpaired) electrons. The molecule has 0 bridgehead atoms. The molecular weight excluding hydrogens is 146 g/mol. The molecule has 1 rings (SSSR count). The normalized spacial score (nSPS) is 24.8. The average Bonchev–Trinajstić information content (AvgIpc) is 2.34. The van der Waals surface area contributed by atoms with Crippen LogP contribution in [-0.4, -0.2) is 24.1 Å². The monoisotopic (exact) mass is 159 g/mol. The molecule has 0 aromatic carbocycles. The third kappa shape index (κ3) is 1.66. The highest BCUT2D eigenvalue weighted by Gasteiger charge is 2.19. The first-order valence-corrected chi connectivity index (χ1v) is 4.76. The van der Waals surface area contributed by atoms with Gasteiger partial charge in [-0.1, -0.05) is 13.8 Å². The Hall–Kier alpha value is -0.180. The Labute approximate surface area is 66.1 Å². The van der Waals surface area contributed by atoms with Crippen LogP contribution in [0.3, 0.4) is 0 Å². The van der Waals surface area contributed by atoms with Gasteiger partial charge in [0.2, 0.25) is 0 Å². The number of ether oxygens (including phenoxy) is 1. The molecule has 0 saturated heterocycles. The zero-order valence-electron chi connectivity index (χ0n) is 6.63. The van der Waals surface area contributed by atoms with E-state index in [1.807, 2.05) is 0 Å². The lowest BCUT2D eigenvalue weighted by molar-refractivity contribution is 0.322. The minimum Gasteiger partial charge on any atom is -0.478 e. The van der Waals surface area contributed by atoms with Crippen molar-refractivity contribution in [3.05, 3.63) is 0 Å². The van der Waals surface area contributed by atoms with Crippen molar-refractivity contribution >= 4 is 17.7 Å². The number of thioether (sulfide) groups is 1. The zero-order valence-corrected chi connectivity index (χ0v) is 7.44. The Balaban J connectivity index is 2.48. The summed E-state index contributed by atoms with van der Waals surface area (Å²) in [7, 11) is 0. The van der Waals surface area contributed by atoms with Gasteiger partial charge in [-0.15, -0.1) is 11.8 Å². The van der Waals surface area contributed by atoms with Gasteiger partial charge in [0, 0.05) is 5.92 Å². The molecule has 1 aliphatic rings. The lowest BCUT2D eigenvalue weighted by Crippen LogP contribution is -2.06. The van der Waals surface area contributed by atoms with E-state index >= 15 is 0 Å². The van der Waals surface area contributed by atoms with E-state index in [0.29, 0.717) is 11.3 Å². The van der Waals surface area contributed by atoms with Gasteiger partial charge in [0.05, 0.1) is 0 Å². The highest BCUT2D eigenvalue weighted by Crippen LogP contribution is 2.17. The number of rotatable bonds is 2. The largest absolute Gasteiger partial charge is 0.478 e. The molecule has 1 aliphatic heterocycles. The molecule has 0 fully saturated rings. The maximum atomic E-state index is 5.35. The molecule has 0 aromatic rings. The van der Waals surface area contributed by atoms with Crippen molar-refractivity contribution in [2.75, 3.05) is 12.9 Å². The van der Waals surface area contributed by atoms with Crippen LogP contribution < -0.4 is 0 Å². The second-order valence-corrected chi connectivity index (χ2v) is 3.64. The Bertz CT molecular complexity index is 145. The van der Waals surface area contributed by atoms with E-state index in [9.17, 15) is 0 Å². The number of hydrogen-bond donors (Lipinski definition) is 0. The van der Waals surface area contributed by atoms with Crippen molar-refractivity contribution in [3.63, 3.8) is 0 Å². The van der Waals surface area contributed by atoms with Gasteiger partial charge in [-0.2, -0.15) is 0 Å². The predicted octanol–water partition coefficient (Wildman–Crippen LogP) is 1.76. The first-order chi connectivity index (χ1) is 4.74. The van der Waals surface area contributed by atoms with Crippen molar-refractivity contribution in [3.8, 4) is 0 Å². The molecule has 0 N–H and O–H groups in total. The summed E-state index contributed by atoms with van der Waals surface area (Å²) < 4.78 is 5.35. The molecule has 0 spiro atoms. The maximum Gasteiger partial charge on any atom is 0.187 e. The minimum atomic E-state index is 0.345. The van der Waals surface area contributed by atoms with Gasteiger partial charge < -0.3 is 4.74 Å². The van der Waals surface area contributed by atoms with Crippen LogP contribution in [0.5, 0.6) is 0 Å². The van der Waals surface area contributed by atoms with Gasteiger partial charge in [-0.3, -0.25) is 0 Å². The van der Waals surface area contributed by atoms with Crippen molar-refractivity contribution < 1.29 is 4.74 Å². The summed E-state index contributed by atoms with van der Waals surface area (Å²) in [6, 6.07) is 0. The summed E-state index contributed by atoms with van der Waals surface area (Å²) in [4.78, 5) is 4.36. The third-order valence-electron chi connectivity index (χ3n) is 1.41. The fourth-order valence-corrected chi connectivity index (χ4v) is 1.22. The van der Waals surface area contributed by atoms with Crippen molar-refractivity contribution in [1.29, 1.82) is 0 Å². The second kappa shape index (κ2) is 3.28. The van der Waals surface area contributed by atoms with Gasteiger partial charge in [0.15, 0.2) is 5.90 Å². The van der Waals surface area contributed by atoms with E-state index in [1.165, 1.54) is 0 Å². The quantitative estimate of drug-likeness (QED) is 0.612. The first kappa shape index (κ1) is 7.92. The molecule has 3 heteroatoms. The summed E-state index contributed by atoms with van der Waals surface area (Å²) in [5, 5.41) is 0.345. The topological polar surface area (TPSA) is 21.6 Å². The van der Waals surface area contributed by atoms with Crippen LogP contribution in [0, 0.1) is 5.92 Å². The summed E-state index contributed by atoms with van der Waals surface area (Å²) in [5.74, 6) is 1.36. The molecule has 0 amide bonds. The van der Waals surface area contributed by atoms with Crippen LogP contribution in [0.2, 0.25) is 0 Å². The van der Waals surface area contributed by atoms with Crippen molar-refractivity contribution in [2.45, 2.75) is 19.2 Å². The Kier molecular flexibility index (Phi) is 2.60. The van der Waals surface area contributed by atoms with Crippen molar-refractivity contribution in [2.24, 2.45) is 10.9 Å². The lowest BCUT2D eigenvalue weighted by atomic mass is 10.2. The highest BCUT2D eigenvalue weighted by molar-refractivity contribution is 7.99. The van der Waals surface area contributed by atoms with E-state index in [-0.39, 0.29) is 0 Å². The van der Waals surface area contributed by atoms with E-state index in [0.717, 1.165) is 12.5 Å². The maximum absolute atomic E-state index is 5.35. The molecule has 1 heterocycles. The summed E-state index contributed by atoms with van der Waals surface area (Å²) >= 11 is 1.74. The van der Waals surface area contributed by atoms with Gasteiger partial charge in [-0.25, -0.2) is 4.99 Å². The molecule has 0 saturated carbocycles. The molecule has 0 aliphatic carbocycles. The summed E-state index contributed by atoms with van der Waals surface area (Å²) in [6.45, 7) is 4.96. The molecule has 58 valence electrons. The Morgan fingerprint density at radius 3 is 2.70 bits per heavy atom. The van der Waals surface area contributed by atoms with E-state index < -0.39 is 0 Å². The lowest BCUT2D eigenvalue weighted by Gasteiger charge is -2.01. The summed E-state index contributed by atoms with van der Waals surface area (Å²) in [5.41, 5.74) is 0. The van der Waals surface area contributed by atoms with Crippen LogP contribution in [0.1, 0.15) is 13.8 Å². The molecule has 2 nitrogen and oxygen atoms in total. The number of hydrogen-bond acceptors (Lipinski definition) is 3. The standard InChI is InChI=1S/C7H13NOS/c1-5(2)7-8-6(10-3)4-9-7/h5-6H,4H2,1-3H3. The fraction of sp³-hybridized carbons (Fsp3) is 0.857. The van der Waals surface area contributed by atoms with Gasteiger partial charge in [0.25, 0.3) is 0 Å². The van der Waals surface area contributed by atoms with Crippen LogP contribution in [0.25, 0.3) is 0 Å². The predicted molar refractivity (Wildman–Crippen MR) is 45.5 cm³/mol. The van der Waals surface area contributed by atoms with Crippen LogP contribution >= 0.6 is 11.8 Å². The smallest absolute Gasteiger partial charge is 0.187 e. The van der Waals surface area contributed by atoms with E-state index in [1.54, 1.807) is 11.8 Å². The van der Waals surface area contributed by atoms with E-state index in [2.05, 4.69) is 25.1 Å². The summed E-state index contributed by atoms with van der Waals surface area (Å²) in [6.07, 6.45) is 2.06. The highest BCUT2D eigenvalue weighted by atomic mass is 32.2. The molecule has 10 heavy (non-hydrogen) atoms. The average molecular weight is 159 g/mol. The SMILES string of the molecule is CSC1COC(C(C)C)=N1. The first-order valence-electron chi connectivity index (χ1n) is 3.47. The van der Waals surface area contributed by atoms with Crippen LogP contribution in [0.15, 0.2) is 4.99 Å². The molecular formula is C7H13NOS. The van der Waals surface area contributed by atoms with Gasteiger partial charge in [-0.05, 0) is 6.26 Å².